The highest BCUT2D eigenvalue weighted by Gasteiger charge is 2.13. The van der Waals surface area contributed by atoms with Gasteiger partial charge in [-0.3, -0.25) is 4.79 Å². The van der Waals surface area contributed by atoms with E-state index in [-0.39, 0.29) is 5.56 Å². The van der Waals surface area contributed by atoms with E-state index in [4.69, 9.17) is 9.47 Å². The van der Waals surface area contributed by atoms with Gasteiger partial charge < -0.3 is 19.4 Å². The summed E-state index contributed by atoms with van der Waals surface area (Å²) in [6, 6.07) is 17.5. The molecule has 1 N–H and O–H groups in total. The van der Waals surface area contributed by atoms with Crippen molar-refractivity contribution in [3.63, 3.8) is 0 Å². The van der Waals surface area contributed by atoms with Gasteiger partial charge in [0.15, 0.2) is 0 Å². The van der Waals surface area contributed by atoms with Gasteiger partial charge in [0, 0.05) is 11.9 Å². The van der Waals surface area contributed by atoms with Crippen LogP contribution in [0.15, 0.2) is 59.4 Å². The third-order valence-corrected chi connectivity index (χ3v) is 5.86. The maximum Gasteiger partial charge on any atom is 0.268 e. The van der Waals surface area contributed by atoms with E-state index in [0.717, 1.165) is 27.6 Å². The largest absolute Gasteiger partial charge is 0.497 e. The number of methoxy groups -OCH3 is 2. The van der Waals surface area contributed by atoms with Gasteiger partial charge in [0.2, 0.25) is 0 Å². The monoisotopic (exact) mass is 407 g/mol. The zero-order valence-corrected chi connectivity index (χ0v) is 17.2. The molecule has 2 heterocycles. The Morgan fingerprint density at radius 1 is 1.07 bits per heavy atom. The number of rotatable bonds is 6. The molecule has 0 fully saturated rings. The lowest BCUT2D eigenvalue weighted by molar-refractivity contribution is 0.414. The Kier molecular flexibility index (Phi) is 5.22. The molecule has 0 saturated carbocycles. The maximum absolute atomic E-state index is 12.6. The summed E-state index contributed by atoms with van der Waals surface area (Å²) >= 11 is 1.44. The number of ether oxygens (including phenoxy) is 2. The SMILES string of the molecule is COc1ccc(-c2cc3nc(CN(C)c4ccccc4OC)[nH]c(=O)c3s2)cc1. The van der Waals surface area contributed by atoms with Crippen molar-refractivity contribution in [2.24, 2.45) is 0 Å². The summed E-state index contributed by atoms with van der Waals surface area (Å²) in [4.78, 5) is 23.2. The molecule has 0 aliphatic rings. The molecule has 0 aliphatic carbocycles. The lowest BCUT2D eigenvalue weighted by atomic mass is 10.2. The molecule has 0 bridgehead atoms. The van der Waals surface area contributed by atoms with Crippen LogP contribution in [-0.4, -0.2) is 31.2 Å². The summed E-state index contributed by atoms with van der Waals surface area (Å²) in [5, 5.41) is 0. The van der Waals surface area contributed by atoms with Crippen molar-refractivity contribution < 1.29 is 9.47 Å². The second-order valence-corrected chi connectivity index (χ2v) is 7.65. The van der Waals surface area contributed by atoms with Crippen LogP contribution in [-0.2, 0) is 6.54 Å². The number of nitrogens with one attached hydrogen (secondary N) is 1. The van der Waals surface area contributed by atoms with Gasteiger partial charge in [0.1, 0.15) is 22.0 Å². The number of anilines is 1. The number of para-hydroxylation sites is 2. The standard InChI is InChI=1S/C22H21N3O3S/c1-25(17-6-4-5-7-18(17)28-3)13-20-23-16-12-19(29-21(16)22(26)24-20)14-8-10-15(27-2)11-9-14/h4-12H,13H2,1-3H3,(H,23,24,26). The Morgan fingerprint density at radius 2 is 1.83 bits per heavy atom. The molecule has 2 aromatic heterocycles. The molecule has 0 atom stereocenters. The smallest absolute Gasteiger partial charge is 0.268 e. The normalized spacial score (nSPS) is 10.9. The van der Waals surface area contributed by atoms with Crippen LogP contribution in [0.25, 0.3) is 20.7 Å². The molecule has 6 nitrogen and oxygen atoms in total. The zero-order valence-electron chi connectivity index (χ0n) is 16.4. The van der Waals surface area contributed by atoms with Gasteiger partial charge in [-0.25, -0.2) is 4.98 Å². The van der Waals surface area contributed by atoms with Gasteiger partial charge in [-0.2, -0.15) is 0 Å². The molecule has 0 amide bonds. The van der Waals surface area contributed by atoms with E-state index in [1.807, 2.05) is 66.5 Å². The van der Waals surface area contributed by atoms with Crippen LogP contribution < -0.4 is 19.9 Å². The van der Waals surface area contributed by atoms with Crippen molar-refractivity contribution in [2.75, 3.05) is 26.2 Å². The van der Waals surface area contributed by atoms with Crippen LogP contribution in [0.2, 0.25) is 0 Å². The highest BCUT2D eigenvalue weighted by Crippen LogP contribution is 2.32. The maximum atomic E-state index is 12.6. The predicted octanol–water partition coefficient (Wildman–Crippen LogP) is 4.31. The first-order valence-electron chi connectivity index (χ1n) is 9.10. The molecule has 0 spiro atoms. The highest BCUT2D eigenvalue weighted by atomic mass is 32.1. The number of aromatic nitrogens is 2. The Balaban J connectivity index is 1.65. The van der Waals surface area contributed by atoms with Crippen molar-refractivity contribution >= 4 is 27.2 Å². The van der Waals surface area contributed by atoms with Crippen LogP contribution in [0.5, 0.6) is 11.5 Å². The molecular formula is C22H21N3O3S. The van der Waals surface area contributed by atoms with Crippen LogP contribution in [0, 0.1) is 0 Å². The number of hydrogen-bond donors (Lipinski definition) is 1. The van der Waals surface area contributed by atoms with Crippen molar-refractivity contribution in [3.05, 3.63) is 70.8 Å². The van der Waals surface area contributed by atoms with E-state index in [0.29, 0.717) is 22.6 Å². The van der Waals surface area contributed by atoms with Crippen LogP contribution in [0.3, 0.4) is 0 Å². The summed E-state index contributed by atoms with van der Waals surface area (Å²) in [5.41, 5.74) is 2.54. The van der Waals surface area contributed by atoms with Crippen LogP contribution >= 0.6 is 11.3 Å². The predicted molar refractivity (Wildman–Crippen MR) is 117 cm³/mol. The summed E-state index contributed by atoms with van der Waals surface area (Å²) in [6.45, 7) is 0.458. The first kappa shape index (κ1) is 19.0. The van der Waals surface area contributed by atoms with E-state index < -0.39 is 0 Å². The van der Waals surface area contributed by atoms with Gasteiger partial charge in [0.25, 0.3) is 5.56 Å². The Labute approximate surface area is 172 Å². The second-order valence-electron chi connectivity index (χ2n) is 6.59. The molecule has 0 unspecified atom stereocenters. The van der Waals surface area contributed by atoms with Gasteiger partial charge in [-0.15, -0.1) is 11.3 Å². The zero-order chi connectivity index (χ0) is 20.4. The van der Waals surface area contributed by atoms with E-state index in [1.54, 1.807) is 14.2 Å². The number of fused-ring (bicyclic) bond motifs is 1. The third kappa shape index (κ3) is 3.82. The molecule has 2 aromatic carbocycles. The molecule has 0 saturated heterocycles. The minimum atomic E-state index is -0.122. The minimum absolute atomic E-state index is 0.122. The van der Waals surface area contributed by atoms with Crippen molar-refractivity contribution in [3.8, 4) is 21.9 Å². The summed E-state index contributed by atoms with van der Waals surface area (Å²) < 4.78 is 11.3. The number of thiophene rings is 1. The number of benzene rings is 2. The number of aromatic amines is 1. The van der Waals surface area contributed by atoms with E-state index >= 15 is 0 Å². The average molecular weight is 407 g/mol. The van der Waals surface area contributed by atoms with E-state index in [1.165, 1.54) is 11.3 Å². The average Bonchev–Trinajstić information content (AvgIpc) is 3.18. The quantitative estimate of drug-likeness (QED) is 0.516. The molecule has 4 rings (SSSR count). The molecule has 0 radical (unpaired) electrons. The van der Waals surface area contributed by atoms with Gasteiger partial charge in [-0.05, 0) is 48.0 Å². The molecule has 7 heteroatoms. The van der Waals surface area contributed by atoms with E-state index in [9.17, 15) is 4.79 Å². The Hall–Kier alpha value is -3.32. The lowest BCUT2D eigenvalue weighted by Crippen LogP contribution is -2.21. The first-order chi connectivity index (χ1) is 14.1. The molecule has 0 aliphatic heterocycles. The van der Waals surface area contributed by atoms with Crippen LogP contribution in [0.4, 0.5) is 5.69 Å². The number of H-pyrrole nitrogens is 1. The summed E-state index contributed by atoms with van der Waals surface area (Å²) in [5.74, 6) is 2.18. The molecular weight excluding hydrogens is 386 g/mol. The Morgan fingerprint density at radius 3 is 2.55 bits per heavy atom. The molecule has 29 heavy (non-hydrogen) atoms. The first-order valence-corrected chi connectivity index (χ1v) is 9.92. The van der Waals surface area contributed by atoms with E-state index in [2.05, 4.69) is 9.97 Å². The van der Waals surface area contributed by atoms with Crippen molar-refractivity contribution in [1.82, 2.24) is 9.97 Å². The van der Waals surface area contributed by atoms with Crippen LogP contribution in [0.1, 0.15) is 5.82 Å². The fourth-order valence-corrected chi connectivity index (χ4v) is 4.21. The molecule has 148 valence electrons. The van der Waals surface area contributed by atoms with Crippen molar-refractivity contribution in [2.45, 2.75) is 6.54 Å². The Bertz CT molecular complexity index is 1200. The summed E-state index contributed by atoms with van der Waals surface area (Å²) in [7, 11) is 5.23. The number of hydrogen-bond acceptors (Lipinski definition) is 6. The third-order valence-electron chi connectivity index (χ3n) is 4.69. The van der Waals surface area contributed by atoms with Gasteiger partial charge in [-0.1, -0.05) is 12.1 Å². The summed E-state index contributed by atoms with van der Waals surface area (Å²) in [6.07, 6.45) is 0. The minimum Gasteiger partial charge on any atom is -0.497 e. The second kappa shape index (κ2) is 7.97. The van der Waals surface area contributed by atoms with Crippen molar-refractivity contribution in [1.29, 1.82) is 0 Å². The van der Waals surface area contributed by atoms with Gasteiger partial charge in [0.05, 0.1) is 32.0 Å². The van der Waals surface area contributed by atoms with Gasteiger partial charge >= 0.3 is 0 Å². The molecule has 4 aromatic rings. The lowest BCUT2D eigenvalue weighted by Gasteiger charge is -2.21. The topological polar surface area (TPSA) is 67.5 Å². The number of nitrogens with zero attached hydrogens (tertiary/aromatic N) is 2. The fourth-order valence-electron chi connectivity index (χ4n) is 3.22. The fraction of sp³-hybridized carbons (Fsp3) is 0.182. The highest BCUT2D eigenvalue weighted by molar-refractivity contribution is 7.22.